The van der Waals surface area contributed by atoms with E-state index in [0.29, 0.717) is 16.3 Å². The second-order valence-electron chi connectivity index (χ2n) is 3.74. The minimum atomic E-state index is -0.560. The number of carbonyl (C=O) groups excluding carboxylic acids is 1. The van der Waals surface area contributed by atoms with Gasteiger partial charge in [0.1, 0.15) is 0 Å². The zero-order valence-electron chi connectivity index (χ0n) is 10.1. The van der Waals surface area contributed by atoms with Crippen molar-refractivity contribution < 1.29 is 9.53 Å². The third kappa shape index (κ3) is 2.72. The van der Waals surface area contributed by atoms with Crippen LogP contribution in [0.3, 0.4) is 0 Å². The van der Waals surface area contributed by atoms with Gasteiger partial charge in [0.25, 0.3) is 0 Å². The maximum absolute atomic E-state index is 11.6. The van der Waals surface area contributed by atoms with Gasteiger partial charge in [-0.1, -0.05) is 46.4 Å². The molecule has 0 saturated carbocycles. The highest BCUT2D eigenvalue weighted by atomic mass is 35.5. The minimum absolute atomic E-state index is 0.139. The normalized spacial score (nSPS) is 10.4. The van der Waals surface area contributed by atoms with Gasteiger partial charge in [-0.25, -0.2) is 4.79 Å². The monoisotopic (exact) mass is 349 g/mol. The van der Waals surface area contributed by atoms with Gasteiger partial charge < -0.3 is 4.74 Å². The molecule has 0 spiro atoms. The highest BCUT2D eigenvalue weighted by Crippen LogP contribution is 2.40. The van der Waals surface area contributed by atoms with Crippen molar-refractivity contribution in [3.8, 4) is 11.3 Å². The standard InChI is InChI=1S/C13H7Cl4NO2/c1-20-13(19)7-4-5-18-12(10(7)16)6-2-3-8(14)11(17)9(6)15/h2-5H,1H3. The highest BCUT2D eigenvalue weighted by molar-refractivity contribution is 6.49. The smallest absolute Gasteiger partial charge is 0.339 e. The van der Waals surface area contributed by atoms with E-state index in [1.807, 2.05) is 0 Å². The van der Waals surface area contributed by atoms with E-state index in [2.05, 4.69) is 9.72 Å². The molecular formula is C13H7Cl4NO2. The fourth-order valence-corrected chi connectivity index (χ4v) is 2.52. The predicted octanol–water partition coefficient (Wildman–Crippen LogP) is 5.15. The van der Waals surface area contributed by atoms with Gasteiger partial charge in [0, 0.05) is 11.8 Å². The molecule has 0 amide bonds. The van der Waals surface area contributed by atoms with E-state index in [-0.39, 0.29) is 20.6 Å². The number of ether oxygens (including phenoxy) is 1. The Hall–Kier alpha value is -1.000. The summed E-state index contributed by atoms with van der Waals surface area (Å²) in [5.74, 6) is -0.560. The highest BCUT2D eigenvalue weighted by Gasteiger charge is 2.19. The maximum Gasteiger partial charge on any atom is 0.339 e. The fraction of sp³-hybridized carbons (Fsp3) is 0.0769. The summed E-state index contributed by atoms with van der Waals surface area (Å²) in [6.45, 7) is 0. The van der Waals surface area contributed by atoms with E-state index in [0.717, 1.165) is 0 Å². The van der Waals surface area contributed by atoms with Gasteiger partial charge in [-0.3, -0.25) is 4.98 Å². The molecule has 1 aromatic carbocycles. The second-order valence-corrected chi connectivity index (χ2v) is 5.28. The molecule has 0 fully saturated rings. The topological polar surface area (TPSA) is 39.2 Å². The molecule has 7 heteroatoms. The van der Waals surface area contributed by atoms with Crippen molar-refractivity contribution in [3.05, 3.63) is 50.0 Å². The van der Waals surface area contributed by atoms with Crippen LogP contribution in [0.25, 0.3) is 11.3 Å². The first-order valence-electron chi connectivity index (χ1n) is 5.34. The van der Waals surface area contributed by atoms with Crippen LogP contribution >= 0.6 is 46.4 Å². The van der Waals surface area contributed by atoms with Gasteiger partial charge in [0.2, 0.25) is 0 Å². The lowest BCUT2D eigenvalue weighted by Gasteiger charge is -2.10. The predicted molar refractivity (Wildman–Crippen MR) is 81.1 cm³/mol. The Morgan fingerprint density at radius 3 is 2.40 bits per heavy atom. The zero-order valence-corrected chi connectivity index (χ0v) is 13.1. The Balaban J connectivity index is 2.66. The number of halogens is 4. The quantitative estimate of drug-likeness (QED) is 0.555. The van der Waals surface area contributed by atoms with E-state index in [1.165, 1.54) is 19.4 Å². The molecule has 2 aromatic rings. The van der Waals surface area contributed by atoms with Crippen LogP contribution in [0.1, 0.15) is 10.4 Å². The Morgan fingerprint density at radius 1 is 1.05 bits per heavy atom. The Bertz CT molecular complexity index is 688. The summed E-state index contributed by atoms with van der Waals surface area (Å²) in [5, 5.41) is 0.878. The molecule has 0 bridgehead atoms. The van der Waals surface area contributed by atoms with E-state index in [1.54, 1.807) is 12.1 Å². The van der Waals surface area contributed by atoms with E-state index in [4.69, 9.17) is 46.4 Å². The maximum atomic E-state index is 11.6. The lowest BCUT2D eigenvalue weighted by Crippen LogP contribution is -2.03. The van der Waals surface area contributed by atoms with E-state index >= 15 is 0 Å². The first-order chi connectivity index (χ1) is 9.47. The number of aromatic nitrogens is 1. The van der Waals surface area contributed by atoms with Gasteiger partial charge in [0.05, 0.1) is 38.5 Å². The molecule has 104 valence electrons. The zero-order chi connectivity index (χ0) is 14.9. The molecule has 0 atom stereocenters. The molecule has 20 heavy (non-hydrogen) atoms. The average molecular weight is 351 g/mol. The van der Waals surface area contributed by atoms with Crippen LogP contribution < -0.4 is 0 Å². The van der Waals surface area contributed by atoms with Crippen molar-refractivity contribution in [2.75, 3.05) is 7.11 Å². The molecule has 0 aliphatic rings. The Labute approximate surface area is 135 Å². The molecule has 1 aromatic heterocycles. The number of esters is 1. The summed E-state index contributed by atoms with van der Waals surface area (Å²) >= 11 is 24.2. The molecule has 0 unspecified atom stereocenters. The third-order valence-corrected chi connectivity index (χ3v) is 4.26. The van der Waals surface area contributed by atoms with Gasteiger partial charge in [0.15, 0.2) is 0 Å². The van der Waals surface area contributed by atoms with Gasteiger partial charge >= 0.3 is 5.97 Å². The van der Waals surface area contributed by atoms with Crippen molar-refractivity contribution >= 4 is 52.4 Å². The average Bonchev–Trinajstić information content (AvgIpc) is 2.45. The van der Waals surface area contributed by atoms with Crippen LogP contribution in [0.5, 0.6) is 0 Å². The molecule has 0 saturated heterocycles. The van der Waals surface area contributed by atoms with Gasteiger partial charge in [-0.15, -0.1) is 0 Å². The number of benzene rings is 1. The summed E-state index contributed by atoms with van der Waals surface area (Å²) < 4.78 is 4.65. The SMILES string of the molecule is COC(=O)c1ccnc(-c2ccc(Cl)c(Cl)c2Cl)c1Cl. The summed E-state index contributed by atoms with van der Waals surface area (Å²) in [4.78, 5) is 15.7. The molecule has 1 heterocycles. The second kappa shape index (κ2) is 6.19. The van der Waals surface area contributed by atoms with Crippen LogP contribution in [0, 0.1) is 0 Å². The lowest BCUT2D eigenvalue weighted by atomic mass is 10.1. The van der Waals surface area contributed by atoms with Crippen LogP contribution in [-0.4, -0.2) is 18.1 Å². The Kier molecular flexibility index (Phi) is 4.76. The summed E-state index contributed by atoms with van der Waals surface area (Å²) in [6.07, 6.45) is 1.44. The molecule has 3 nitrogen and oxygen atoms in total. The largest absolute Gasteiger partial charge is 0.465 e. The number of hydrogen-bond acceptors (Lipinski definition) is 3. The first kappa shape index (κ1) is 15.4. The summed E-state index contributed by atoms with van der Waals surface area (Å²) in [6, 6.07) is 4.67. The number of methoxy groups -OCH3 is 1. The van der Waals surface area contributed by atoms with Crippen molar-refractivity contribution in [1.82, 2.24) is 4.98 Å². The van der Waals surface area contributed by atoms with Crippen LogP contribution in [-0.2, 0) is 4.74 Å². The van der Waals surface area contributed by atoms with E-state index < -0.39 is 5.97 Å². The summed E-state index contributed by atoms with van der Waals surface area (Å²) in [7, 11) is 1.27. The van der Waals surface area contributed by atoms with Crippen molar-refractivity contribution in [3.63, 3.8) is 0 Å². The van der Waals surface area contributed by atoms with Gasteiger partial charge in [-0.05, 0) is 18.2 Å². The van der Waals surface area contributed by atoms with Gasteiger partial charge in [-0.2, -0.15) is 0 Å². The number of pyridine rings is 1. The van der Waals surface area contributed by atoms with Crippen molar-refractivity contribution in [1.29, 1.82) is 0 Å². The number of hydrogen-bond donors (Lipinski definition) is 0. The van der Waals surface area contributed by atoms with Crippen LogP contribution in [0.4, 0.5) is 0 Å². The van der Waals surface area contributed by atoms with E-state index in [9.17, 15) is 4.79 Å². The molecule has 0 radical (unpaired) electrons. The molecule has 2 rings (SSSR count). The fourth-order valence-electron chi connectivity index (χ4n) is 1.61. The van der Waals surface area contributed by atoms with Crippen LogP contribution in [0.2, 0.25) is 20.1 Å². The number of rotatable bonds is 2. The lowest BCUT2D eigenvalue weighted by molar-refractivity contribution is 0.0601. The summed E-state index contributed by atoms with van der Waals surface area (Å²) in [5.41, 5.74) is 1.01. The molecule has 0 aliphatic heterocycles. The molecule has 0 N–H and O–H groups in total. The number of nitrogens with zero attached hydrogens (tertiary/aromatic N) is 1. The van der Waals surface area contributed by atoms with Crippen LogP contribution in [0.15, 0.2) is 24.4 Å². The minimum Gasteiger partial charge on any atom is -0.465 e. The Morgan fingerprint density at radius 2 is 1.75 bits per heavy atom. The molecule has 0 aliphatic carbocycles. The van der Waals surface area contributed by atoms with Crippen molar-refractivity contribution in [2.24, 2.45) is 0 Å². The molecular weight excluding hydrogens is 344 g/mol. The van der Waals surface area contributed by atoms with Crippen molar-refractivity contribution in [2.45, 2.75) is 0 Å². The third-order valence-electron chi connectivity index (χ3n) is 2.58. The number of carbonyl (C=O) groups is 1. The first-order valence-corrected chi connectivity index (χ1v) is 6.85.